The van der Waals surface area contributed by atoms with Crippen LogP contribution in [0.3, 0.4) is 0 Å². The Morgan fingerprint density at radius 3 is 2.67 bits per heavy atom. The van der Waals surface area contributed by atoms with E-state index in [0.717, 1.165) is 22.2 Å². The molecule has 1 heterocycles. The normalized spacial score (nSPS) is 11.5. The number of hydrogen-bond acceptors (Lipinski definition) is 2. The first-order chi connectivity index (χ1) is 11.4. The summed E-state index contributed by atoms with van der Waals surface area (Å²) >= 11 is 6.14. The van der Waals surface area contributed by atoms with Crippen LogP contribution in [0.5, 0.6) is 5.75 Å². The molecule has 0 fully saturated rings. The van der Waals surface area contributed by atoms with E-state index in [1.165, 1.54) is 0 Å². The molecule has 24 heavy (non-hydrogen) atoms. The molecule has 3 aromatic rings. The molecule has 5 heteroatoms. The number of H-pyrrole nitrogens is 1. The monoisotopic (exact) mass is 342 g/mol. The summed E-state index contributed by atoms with van der Waals surface area (Å²) in [6.45, 7) is 3.78. The van der Waals surface area contributed by atoms with Crippen LogP contribution in [-0.2, 0) is 10.2 Å². The van der Waals surface area contributed by atoms with Crippen LogP contribution in [0, 0.1) is 0 Å². The summed E-state index contributed by atoms with van der Waals surface area (Å²) in [7, 11) is 1.63. The van der Waals surface area contributed by atoms with Crippen LogP contribution in [0.1, 0.15) is 19.4 Å². The summed E-state index contributed by atoms with van der Waals surface area (Å²) in [4.78, 5) is 16.1. The highest BCUT2D eigenvalue weighted by Crippen LogP contribution is 2.34. The highest BCUT2D eigenvalue weighted by atomic mass is 35.5. The van der Waals surface area contributed by atoms with E-state index in [1.54, 1.807) is 19.2 Å². The minimum Gasteiger partial charge on any atom is -0.497 e. The van der Waals surface area contributed by atoms with Gasteiger partial charge >= 0.3 is 0 Å². The summed E-state index contributed by atoms with van der Waals surface area (Å²) in [5.41, 5.74) is 1.73. The first-order valence-electron chi connectivity index (χ1n) is 7.65. The Kier molecular flexibility index (Phi) is 4.24. The van der Waals surface area contributed by atoms with Gasteiger partial charge in [0, 0.05) is 17.1 Å². The number of nitrogens with one attached hydrogen (secondary N) is 2. The molecule has 124 valence electrons. The van der Waals surface area contributed by atoms with E-state index in [1.807, 2.05) is 50.4 Å². The van der Waals surface area contributed by atoms with Gasteiger partial charge in [-0.3, -0.25) is 4.79 Å². The molecule has 1 aromatic heterocycles. The number of amides is 1. The highest BCUT2D eigenvalue weighted by molar-refractivity contribution is 6.33. The zero-order chi connectivity index (χ0) is 17.3. The Bertz CT molecular complexity index is 899. The number of halogens is 1. The quantitative estimate of drug-likeness (QED) is 0.719. The van der Waals surface area contributed by atoms with E-state index in [2.05, 4.69) is 10.3 Å². The maximum Gasteiger partial charge on any atom is 0.234 e. The molecule has 0 saturated heterocycles. The number of rotatable bonds is 4. The van der Waals surface area contributed by atoms with Gasteiger partial charge < -0.3 is 15.0 Å². The van der Waals surface area contributed by atoms with Gasteiger partial charge in [-0.1, -0.05) is 23.7 Å². The second-order valence-electron chi connectivity index (χ2n) is 6.17. The van der Waals surface area contributed by atoms with Gasteiger partial charge in [-0.2, -0.15) is 0 Å². The number of carbonyl (C=O) groups is 1. The molecule has 0 bridgehead atoms. The van der Waals surface area contributed by atoms with E-state index in [9.17, 15) is 4.79 Å². The molecule has 2 N–H and O–H groups in total. The van der Waals surface area contributed by atoms with Crippen LogP contribution >= 0.6 is 11.6 Å². The fraction of sp³-hybridized carbons (Fsp3) is 0.211. The van der Waals surface area contributed by atoms with Crippen LogP contribution in [0.25, 0.3) is 10.9 Å². The average molecular weight is 343 g/mol. The molecule has 1 amide bonds. The lowest BCUT2D eigenvalue weighted by Gasteiger charge is -2.24. The summed E-state index contributed by atoms with van der Waals surface area (Å²) in [6, 6.07) is 13.0. The lowest BCUT2D eigenvalue weighted by molar-refractivity contribution is -0.120. The van der Waals surface area contributed by atoms with Crippen molar-refractivity contribution in [3.8, 4) is 5.75 Å². The standard InChI is InChI=1S/C19H19ClN2O2/c1-19(2,18(23)22-17-7-5-4-6-15(17)20)14-11-21-16-9-8-12(24-3)10-13(14)16/h4-11,21H,1-3H3,(H,22,23). The molecular weight excluding hydrogens is 324 g/mol. The second kappa shape index (κ2) is 6.21. The molecule has 0 saturated carbocycles. The zero-order valence-corrected chi connectivity index (χ0v) is 14.6. The molecule has 0 aliphatic rings. The van der Waals surface area contributed by atoms with E-state index < -0.39 is 5.41 Å². The number of methoxy groups -OCH3 is 1. The van der Waals surface area contributed by atoms with Gasteiger partial charge in [-0.25, -0.2) is 0 Å². The molecular formula is C19H19ClN2O2. The van der Waals surface area contributed by atoms with Crippen molar-refractivity contribution in [3.05, 3.63) is 59.2 Å². The van der Waals surface area contributed by atoms with Crippen LogP contribution in [0.2, 0.25) is 5.02 Å². The zero-order valence-electron chi connectivity index (χ0n) is 13.8. The Balaban J connectivity index is 1.98. The molecule has 3 rings (SSSR count). The molecule has 0 aliphatic heterocycles. The number of aromatic nitrogens is 1. The molecule has 0 atom stereocenters. The number of carbonyl (C=O) groups excluding carboxylic acids is 1. The first-order valence-corrected chi connectivity index (χ1v) is 8.03. The molecule has 0 spiro atoms. The van der Waals surface area contributed by atoms with Crippen molar-refractivity contribution < 1.29 is 9.53 Å². The van der Waals surface area contributed by atoms with Crippen molar-refractivity contribution in [1.29, 1.82) is 0 Å². The van der Waals surface area contributed by atoms with Crippen molar-refractivity contribution in [1.82, 2.24) is 4.98 Å². The van der Waals surface area contributed by atoms with Gasteiger partial charge in [0.15, 0.2) is 0 Å². The molecule has 2 aromatic carbocycles. The second-order valence-corrected chi connectivity index (χ2v) is 6.58. The van der Waals surface area contributed by atoms with E-state index in [-0.39, 0.29) is 5.91 Å². The number of aromatic amines is 1. The van der Waals surface area contributed by atoms with Gasteiger partial charge in [-0.15, -0.1) is 0 Å². The highest BCUT2D eigenvalue weighted by Gasteiger charge is 2.32. The fourth-order valence-corrected chi connectivity index (χ4v) is 2.89. The van der Waals surface area contributed by atoms with Gasteiger partial charge in [0.2, 0.25) is 5.91 Å². The predicted molar refractivity (Wildman–Crippen MR) is 98.0 cm³/mol. The number of fused-ring (bicyclic) bond motifs is 1. The maximum atomic E-state index is 12.9. The number of ether oxygens (including phenoxy) is 1. The predicted octanol–water partition coefficient (Wildman–Crippen LogP) is 4.75. The topological polar surface area (TPSA) is 54.1 Å². The fourth-order valence-electron chi connectivity index (χ4n) is 2.71. The first kappa shape index (κ1) is 16.4. The molecule has 4 nitrogen and oxygen atoms in total. The minimum atomic E-state index is -0.746. The summed E-state index contributed by atoms with van der Waals surface area (Å²) < 4.78 is 5.30. The Labute approximate surface area is 145 Å². The van der Waals surface area contributed by atoms with Crippen molar-refractivity contribution in [2.24, 2.45) is 0 Å². The third kappa shape index (κ3) is 2.85. The summed E-state index contributed by atoms with van der Waals surface area (Å²) in [5.74, 6) is 0.630. The van der Waals surface area contributed by atoms with E-state index in [0.29, 0.717) is 10.7 Å². The van der Waals surface area contributed by atoms with Crippen LogP contribution in [-0.4, -0.2) is 18.0 Å². The van der Waals surface area contributed by atoms with Crippen molar-refractivity contribution in [3.63, 3.8) is 0 Å². The van der Waals surface area contributed by atoms with E-state index >= 15 is 0 Å². The van der Waals surface area contributed by atoms with Crippen molar-refractivity contribution in [2.75, 3.05) is 12.4 Å². The van der Waals surface area contributed by atoms with Gasteiger partial charge in [0.25, 0.3) is 0 Å². The molecule has 0 radical (unpaired) electrons. The largest absolute Gasteiger partial charge is 0.497 e. The van der Waals surface area contributed by atoms with Gasteiger partial charge in [-0.05, 0) is 49.7 Å². The number of anilines is 1. The van der Waals surface area contributed by atoms with Crippen LogP contribution < -0.4 is 10.1 Å². The lowest BCUT2D eigenvalue weighted by Crippen LogP contribution is -2.34. The van der Waals surface area contributed by atoms with Gasteiger partial charge in [0.05, 0.1) is 23.2 Å². The Morgan fingerprint density at radius 1 is 1.21 bits per heavy atom. The Hall–Kier alpha value is -2.46. The Morgan fingerprint density at radius 2 is 1.96 bits per heavy atom. The number of hydrogen-bond donors (Lipinski definition) is 2. The minimum absolute atomic E-state index is 0.126. The summed E-state index contributed by atoms with van der Waals surface area (Å²) in [5, 5.41) is 4.40. The molecule has 0 unspecified atom stereocenters. The van der Waals surface area contributed by atoms with Crippen molar-refractivity contribution in [2.45, 2.75) is 19.3 Å². The number of benzene rings is 2. The van der Waals surface area contributed by atoms with Gasteiger partial charge in [0.1, 0.15) is 5.75 Å². The average Bonchev–Trinajstić information content (AvgIpc) is 3.00. The summed E-state index contributed by atoms with van der Waals surface area (Å²) in [6.07, 6.45) is 1.87. The lowest BCUT2D eigenvalue weighted by atomic mass is 9.83. The van der Waals surface area contributed by atoms with Crippen LogP contribution in [0.15, 0.2) is 48.7 Å². The molecule has 0 aliphatic carbocycles. The van der Waals surface area contributed by atoms with Crippen molar-refractivity contribution >= 4 is 34.1 Å². The number of para-hydroxylation sites is 1. The SMILES string of the molecule is COc1ccc2[nH]cc(C(C)(C)C(=O)Nc3ccccc3Cl)c2c1. The third-order valence-electron chi connectivity index (χ3n) is 4.25. The van der Waals surface area contributed by atoms with E-state index in [4.69, 9.17) is 16.3 Å². The van der Waals surface area contributed by atoms with Crippen LogP contribution in [0.4, 0.5) is 5.69 Å². The smallest absolute Gasteiger partial charge is 0.234 e. The third-order valence-corrected chi connectivity index (χ3v) is 4.58. The maximum absolute atomic E-state index is 12.9.